The normalized spacial score (nSPS) is 14.6. The summed E-state index contributed by atoms with van der Waals surface area (Å²) in [5.74, 6) is -0.853. The molecule has 0 saturated carbocycles. The summed E-state index contributed by atoms with van der Waals surface area (Å²) in [6.07, 6.45) is 0. The van der Waals surface area contributed by atoms with E-state index in [2.05, 4.69) is 0 Å². The number of hydrogen-bond acceptors (Lipinski definition) is 6. The fraction of sp³-hybridized carbons (Fsp3) is 0.118. The molecule has 0 radical (unpaired) electrons. The molecule has 2 aromatic rings. The molecule has 0 aromatic heterocycles. The van der Waals surface area contributed by atoms with Crippen LogP contribution in [0.5, 0.6) is 17.2 Å². The van der Waals surface area contributed by atoms with Gasteiger partial charge in [-0.15, -0.1) is 0 Å². The maximum Gasteiger partial charge on any atom is 0.331 e. The van der Waals surface area contributed by atoms with Gasteiger partial charge in [0.05, 0.1) is 21.2 Å². The number of carbonyl (C=O) groups excluding carboxylic acids is 3. The van der Waals surface area contributed by atoms with Crippen LogP contribution in [0.25, 0.3) is 0 Å². The Morgan fingerprint density at radius 2 is 1.62 bits per heavy atom. The van der Waals surface area contributed by atoms with E-state index >= 15 is 0 Å². The van der Waals surface area contributed by atoms with Crippen molar-refractivity contribution in [2.24, 2.45) is 0 Å². The zero-order valence-corrected chi connectivity index (χ0v) is 14.5. The molecule has 2 heterocycles. The van der Waals surface area contributed by atoms with Gasteiger partial charge < -0.3 is 14.2 Å². The molecule has 0 aliphatic carbocycles. The maximum atomic E-state index is 12.4. The van der Waals surface area contributed by atoms with Gasteiger partial charge in [-0.05, 0) is 24.3 Å². The fourth-order valence-corrected chi connectivity index (χ4v) is 2.99. The Morgan fingerprint density at radius 3 is 2.27 bits per heavy atom. The molecule has 2 aromatic carbocycles. The minimum atomic E-state index is -0.782. The minimum absolute atomic E-state index is 0.0902. The zero-order chi connectivity index (χ0) is 18.4. The first-order valence-electron chi connectivity index (χ1n) is 7.39. The molecule has 4 rings (SSSR count). The Bertz CT molecular complexity index is 933. The van der Waals surface area contributed by atoms with E-state index in [0.717, 1.165) is 4.90 Å². The summed E-state index contributed by atoms with van der Waals surface area (Å²) < 4.78 is 15.5. The van der Waals surface area contributed by atoms with E-state index in [9.17, 15) is 14.4 Å². The molecule has 7 nitrogen and oxygen atoms in total. The molecular formula is C17H9Cl2NO6. The van der Waals surface area contributed by atoms with E-state index in [-0.39, 0.29) is 33.7 Å². The number of amides is 2. The first-order chi connectivity index (χ1) is 12.4. The van der Waals surface area contributed by atoms with Crippen molar-refractivity contribution in [2.75, 3.05) is 13.3 Å². The van der Waals surface area contributed by atoms with E-state index in [1.807, 2.05) is 0 Å². The number of ether oxygens (including phenoxy) is 3. The highest BCUT2D eigenvalue weighted by atomic mass is 35.5. The summed E-state index contributed by atoms with van der Waals surface area (Å²) in [6, 6.07) is 7.22. The van der Waals surface area contributed by atoms with Crippen molar-refractivity contribution in [1.29, 1.82) is 0 Å². The number of rotatable bonds is 3. The van der Waals surface area contributed by atoms with Crippen molar-refractivity contribution >= 4 is 41.0 Å². The summed E-state index contributed by atoms with van der Waals surface area (Å²) in [5.41, 5.74) is 0.195. The summed E-state index contributed by atoms with van der Waals surface area (Å²) in [4.78, 5) is 37.7. The Balaban J connectivity index is 1.50. The van der Waals surface area contributed by atoms with Gasteiger partial charge in [-0.2, -0.15) is 0 Å². The van der Waals surface area contributed by atoms with Crippen molar-refractivity contribution < 1.29 is 28.6 Å². The molecule has 2 aliphatic rings. The lowest BCUT2D eigenvalue weighted by atomic mass is 10.1. The predicted octanol–water partition coefficient (Wildman–Crippen LogP) is 2.92. The second-order valence-corrected chi connectivity index (χ2v) is 6.31. The van der Waals surface area contributed by atoms with Crippen LogP contribution in [0.4, 0.5) is 0 Å². The Kier molecular flexibility index (Phi) is 3.97. The third-order valence-corrected chi connectivity index (χ3v) is 4.60. The van der Waals surface area contributed by atoms with Gasteiger partial charge >= 0.3 is 5.97 Å². The van der Waals surface area contributed by atoms with E-state index in [0.29, 0.717) is 11.5 Å². The Morgan fingerprint density at radius 1 is 1.00 bits per heavy atom. The average molecular weight is 394 g/mol. The first kappa shape index (κ1) is 16.7. The second kappa shape index (κ2) is 6.19. The van der Waals surface area contributed by atoms with Gasteiger partial charge in [-0.3, -0.25) is 14.5 Å². The number of carbonyl (C=O) groups is 3. The lowest BCUT2D eigenvalue weighted by Crippen LogP contribution is -2.36. The van der Waals surface area contributed by atoms with Crippen LogP contribution in [-0.4, -0.2) is 36.0 Å². The van der Waals surface area contributed by atoms with Crippen LogP contribution < -0.4 is 14.2 Å². The number of imide groups is 1. The van der Waals surface area contributed by atoms with Crippen LogP contribution >= 0.6 is 23.2 Å². The summed E-state index contributed by atoms with van der Waals surface area (Å²) in [6.45, 7) is -0.455. The Labute approximate surface area is 156 Å². The molecule has 0 bridgehead atoms. The monoisotopic (exact) mass is 393 g/mol. The molecule has 9 heteroatoms. The highest BCUT2D eigenvalue weighted by molar-refractivity contribution is 6.43. The first-order valence-corrected chi connectivity index (χ1v) is 8.15. The van der Waals surface area contributed by atoms with Crippen LogP contribution in [0.3, 0.4) is 0 Å². The van der Waals surface area contributed by atoms with Crippen molar-refractivity contribution in [3.63, 3.8) is 0 Å². The molecule has 2 amide bonds. The lowest BCUT2D eigenvalue weighted by Gasteiger charge is -2.13. The molecule has 0 saturated heterocycles. The summed E-state index contributed by atoms with van der Waals surface area (Å²) >= 11 is 11.8. The Hall–Kier alpha value is -2.77. The predicted molar refractivity (Wildman–Crippen MR) is 90.0 cm³/mol. The summed E-state index contributed by atoms with van der Waals surface area (Å²) in [5, 5.41) is 0.299. The molecule has 0 atom stereocenters. The largest absolute Gasteiger partial charge is 0.454 e. The number of fused-ring (bicyclic) bond motifs is 2. The topological polar surface area (TPSA) is 82.1 Å². The second-order valence-electron chi connectivity index (χ2n) is 5.50. The van der Waals surface area contributed by atoms with Gasteiger partial charge in [0.25, 0.3) is 11.8 Å². The molecule has 132 valence electrons. The minimum Gasteiger partial charge on any atom is -0.454 e. The van der Waals surface area contributed by atoms with Gasteiger partial charge in [-0.25, -0.2) is 4.79 Å². The summed E-state index contributed by atoms with van der Waals surface area (Å²) in [7, 11) is 0. The molecule has 0 N–H and O–H groups in total. The fourth-order valence-electron chi connectivity index (χ4n) is 2.66. The smallest absolute Gasteiger partial charge is 0.331 e. The number of halogens is 2. The third-order valence-electron chi connectivity index (χ3n) is 3.87. The van der Waals surface area contributed by atoms with E-state index in [1.165, 1.54) is 24.3 Å². The SMILES string of the molecule is O=C(CN1C(=O)c2cc(Cl)c(Cl)cc2C1=O)Oc1ccc2c(c1)OCO2. The molecular weight excluding hydrogens is 385 g/mol. The van der Waals surface area contributed by atoms with Gasteiger partial charge in [0.2, 0.25) is 6.79 Å². The quantitative estimate of drug-likeness (QED) is 0.452. The van der Waals surface area contributed by atoms with E-state index in [1.54, 1.807) is 6.07 Å². The highest BCUT2D eigenvalue weighted by Gasteiger charge is 2.37. The van der Waals surface area contributed by atoms with Crippen LogP contribution in [0.2, 0.25) is 10.0 Å². The zero-order valence-electron chi connectivity index (χ0n) is 13.0. The third kappa shape index (κ3) is 2.75. The standard InChI is InChI=1S/C17H9Cl2NO6/c18-11-4-9-10(5-12(11)19)17(23)20(16(9)22)6-15(21)26-8-1-2-13-14(3-8)25-7-24-13/h1-5H,6-7H2. The number of esters is 1. The lowest BCUT2D eigenvalue weighted by molar-refractivity contribution is -0.134. The number of nitrogens with zero attached hydrogens (tertiary/aromatic N) is 1. The molecule has 26 heavy (non-hydrogen) atoms. The van der Waals surface area contributed by atoms with Crippen molar-refractivity contribution in [1.82, 2.24) is 4.90 Å². The van der Waals surface area contributed by atoms with Crippen LogP contribution in [0.15, 0.2) is 30.3 Å². The van der Waals surface area contributed by atoms with Crippen molar-refractivity contribution in [3.8, 4) is 17.2 Å². The van der Waals surface area contributed by atoms with Crippen LogP contribution in [0.1, 0.15) is 20.7 Å². The molecule has 0 unspecified atom stereocenters. The molecule has 2 aliphatic heterocycles. The van der Waals surface area contributed by atoms with Gasteiger partial charge in [0.15, 0.2) is 11.5 Å². The molecule has 0 spiro atoms. The van der Waals surface area contributed by atoms with E-state index < -0.39 is 24.3 Å². The van der Waals surface area contributed by atoms with Crippen LogP contribution in [0, 0.1) is 0 Å². The van der Waals surface area contributed by atoms with Crippen molar-refractivity contribution in [2.45, 2.75) is 0 Å². The van der Waals surface area contributed by atoms with Gasteiger partial charge in [0, 0.05) is 6.07 Å². The van der Waals surface area contributed by atoms with Gasteiger partial charge in [-0.1, -0.05) is 23.2 Å². The van der Waals surface area contributed by atoms with Crippen molar-refractivity contribution in [3.05, 3.63) is 51.5 Å². The number of hydrogen-bond donors (Lipinski definition) is 0. The molecule has 0 fully saturated rings. The maximum absolute atomic E-state index is 12.4. The average Bonchev–Trinajstić information content (AvgIpc) is 3.15. The van der Waals surface area contributed by atoms with Gasteiger partial charge in [0.1, 0.15) is 12.3 Å². The van der Waals surface area contributed by atoms with Crippen LogP contribution in [-0.2, 0) is 4.79 Å². The number of benzene rings is 2. The van der Waals surface area contributed by atoms with E-state index in [4.69, 9.17) is 37.4 Å². The highest BCUT2D eigenvalue weighted by Crippen LogP contribution is 2.35.